The van der Waals surface area contributed by atoms with Crippen LogP contribution in [0.4, 0.5) is 5.69 Å². The van der Waals surface area contributed by atoms with Crippen LogP contribution < -0.4 is 4.90 Å². The summed E-state index contributed by atoms with van der Waals surface area (Å²) in [5.74, 6) is 0. The number of anilines is 1. The van der Waals surface area contributed by atoms with Gasteiger partial charge < -0.3 is 14.8 Å². The van der Waals surface area contributed by atoms with Crippen molar-refractivity contribution in [2.45, 2.75) is 0 Å². The van der Waals surface area contributed by atoms with E-state index in [0.29, 0.717) is 0 Å². The second-order valence-corrected chi connectivity index (χ2v) is 8.44. The number of hydrogen-bond acceptors (Lipinski definition) is 5. The third-order valence-corrected chi connectivity index (χ3v) is 6.34. The van der Waals surface area contributed by atoms with Gasteiger partial charge in [-0.05, 0) is 49.0 Å². The quantitative estimate of drug-likeness (QED) is 0.463. The van der Waals surface area contributed by atoms with Gasteiger partial charge in [0.25, 0.3) is 0 Å². The summed E-state index contributed by atoms with van der Waals surface area (Å²) in [6.07, 6.45) is 7.46. The van der Waals surface area contributed by atoms with Gasteiger partial charge in [-0.25, -0.2) is 4.98 Å². The number of hydrogen-bond donors (Lipinski definition) is 1. The van der Waals surface area contributed by atoms with E-state index in [9.17, 15) is 0 Å². The minimum absolute atomic E-state index is 0.879. The Morgan fingerprint density at radius 3 is 2.50 bits per heavy atom. The van der Waals surface area contributed by atoms with Crippen molar-refractivity contribution in [3.05, 3.63) is 73.3 Å². The van der Waals surface area contributed by atoms with Crippen LogP contribution in [0.25, 0.3) is 44.3 Å². The Kier molecular flexibility index (Phi) is 4.58. The van der Waals surface area contributed by atoms with Crippen molar-refractivity contribution in [3.8, 4) is 22.4 Å². The Labute approximate surface area is 186 Å². The van der Waals surface area contributed by atoms with Crippen molar-refractivity contribution in [2.24, 2.45) is 0 Å². The maximum atomic E-state index is 4.73. The SMILES string of the molecule is CN1CCN(c2cccc(-c3cnc4[nH]c5cnc(-c6cccnc6)cc5c4c3)c2)CC1. The largest absolute Gasteiger partial charge is 0.369 e. The summed E-state index contributed by atoms with van der Waals surface area (Å²) in [6.45, 7) is 4.31. The number of aromatic amines is 1. The van der Waals surface area contributed by atoms with Crippen LogP contribution in [0.2, 0.25) is 0 Å². The average molecular weight is 421 g/mol. The zero-order chi connectivity index (χ0) is 21.5. The second kappa shape index (κ2) is 7.73. The van der Waals surface area contributed by atoms with E-state index in [4.69, 9.17) is 4.98 Å². The molecule has 0 bridgehead atoms. The van der Waals surface area contributed by atoms with Crippen molar-refractivity contribution in [2.75, 3.05) is 38.1 Å². The molecule has 0 spiro atoms. The summed E-state index contributed by atoms with van der Waals surface area (Å²) in [5, 5.41) is 2.23. The first-order valence-electron chi connectivity index (χ1n) is 11.0. The molecule has 6 rings (SSSR count). The molecule has 5 heterocycles. The standard InChI is InChI=1S/C26H24N6/c1-31-8-10-32(11-9-31)21-6-2-4-18(12-21)20-13-23-22-14-24(19-5-3-7-27-15-19)28-17-25(22)30-26(23)29-16-20/h2-7,12-17H,8-11H2,1H3,(H,29,30). The number of nitrogens with zero attached hydrogens (tertiary/aromatic N) is 5. The predicted octanol–water partition coefficient (Wildman–Crippen LogP) is 4.59. The van der Waals surface area contributed by atoms with Gasteiger partial charge in [-0.2, -0.15) is 0 Å². The van der Waals surface area contributed by atoms with Crippen LogP contribution >= 0.6 is 0 Å². The number of pyridine rings is 3. The van der Waals surface area contributed by atoms with E-state index < -0.39 is 0 Å². The van der Waals surface area contributed by atoms with Crippen molar-refractivity contribution >= 4 is 27.6 Å². The topological polar surface area (TPSA) is 60.9 Å². The molecule has 6 heteroatoms. The molecular weight excluding hydrogens is 396 g/mol. The fraction of sp³-hybridized carbons (Fsp3) is 0.192. The summed E-state index contributed by atoms with van der Waals surface area (Å²) in [6, 6.07) is 17.1. The lowest BCUT2D eigenvalue weighted by Gasteiger charge is -2.34. The number of nitrogens with one attached hydrogen (secondary N) is 1. The van der Waals surface area contributed by atoms with Crippen molar-refractivity contribution in [1.29, 1.82) is 0 Å². The zero-order valence-corrected chi connectivity index (χ0v) is 18.0. The smallest absolute Gasteiger partial charge is 0.138 e. The Bertz CT molecular complexity index is 1400. The molecule has 1 aliphatic rings. The minimum Gasteiger partial charge on any atom is -0.369 e. The van der Waals surface area contributed by atoms with Gasteiger partial charge in [-0.3, -0.25) is 9.97 Å². The third kappa shape index (κ3) is 3.39. The van der Waals surface area contributed by atoms with E-state index in [2.05, 4.69) is 68.2 Å². The van der Waals surface area contributed by atoms with Crippen LogP contribution in [0.1, 0.15) is 0 Å². The van der Waals surface area contributed by atoms with Crippen LogP contribution in [0, 0.1) is 0 Å². The fourth-order valence-electron chi connectivity index (χ4n) is 4.45. The van der Waals surface area contributed by atoms with Gasteiger partial charge >= 0.3 is 0 Å². The van der Waals surface area contributed by atoms with Crippen LogP contribution in [0.3, 0.4) is 0 Å². The Morgan fingerprint density at radius 1 is 0.781 bits per heavy atom. The summed E-state index contributed by atoms with van der Waals surface area (Å²) in [5.41, 5.74) is 7.37. The summed E-state index contributed by atoms with van der Waals surface area (Å²) in [7, 11) is 2.19. The number of likely N-dealkylation sites (N-methyl/N-ethyl adjacent to an activating group) is 1. The number of benzene rings is 1. The molecule has 0 amide bonds. The van der Waals surface area contributed by atoms with Crippen molar-refractivity contribution in [3.63, 3.8) is 0 Å². The molecular formula is C26H24N6. The summed E-state index contributed by atoms with van der Waals surface area (Å²) < 4.78 is 0. The molecule has 0 aliphatic carbocycles. The lowest BCUT2D eigenvalue weighted by molar-refractivity contribution is 0.313. The van der Waals surface area contributed by atoms with E-state index in [1.165, 1.54) is 11.3 Å². The lowest BCUT2D eigenvalue weighted by Crippen LogP contribution is -2.44. The Balaban J connectivity index is 1.41. The molecule has 6 nitrogen and oxygen atoms in total. The van der Waals surface area contributed by atoms with Crippen molar-refractivity contribution in [1.82, 2.24) is 24.8 Å². The number of H-pyrrole nitrogens is 1. The first-order valence-corrected chi connectivity index (χ1v) is 11.0. The van der Waals surface area contributed by atoms with Crippen LogP contribution in [0.5, 0.6) is 0 Å². The highest BCUT2D eigenvalue weighted by Gasteiger charge is 2.15. The normalized spacial score (nSPS) is 15.0. The molecule has 32 heavy (non-hydrogen) atoms. The van der Waals surface area contributed by atoms with Gasteiger partial charge in [0.1, 0.15) is 5.65 Å². The summed E-state index contributed by atoms with van der Waals surface area (Å²) in [4.78, 5) is 21.8. The molecule has 158 valence electrons. The van der Waals surface area contributed by atoms with E-state index in [-0.39, 0.29) is 0 Å². The van der Waals surface area contributed by atoms with Gasteiger partial charge in [-0.15, -0.1) is 0 Å². The molecule has 1 aromatic carbocycles. The lowest BCUT2D eigenvalue weighted by atomic mass is 10.0. The minimum atomic E-state index is 0.879. The first-order chi connectivity index (χ1) is 15.7. The van der Waals surface area contributed by atoms with E-state index >= 15 is 0 Å². The van der Waals surface area contributed by atoms with Crippen molar-refractivity contribution < 1.29 is 0 Å². The molecule has 0 atom stereocenters. The average Bonchev–Trinajstić information content (AvgIpc) is 3.22. The molecule has 0 radical (unpaired) electrons. The molecule has 5 aromatic rings. The van der Waals surface area contributed by atoms with Gasteiger partial charge in [0.15, 0.2) is 0 Å². The highest BCUT2D eigenvalue weighted by molar-refractivity contribution is 6.07. The van der Waals surface area contributed by atoms with E-state index in [0.717, 1.165) is 64.9 Å². The van der Waals surface area contributed by atoms with E-state index in [1.807, 2.05) is 30.7 Å². The number of aromatic nitrogens is 4. The van der Waals surface area contributed by atoms with Crippen LogP contribution in [0.15, 0.2) is 73.3 Å². The molecule has 1 aliphatic heterocycles. The van der Waals surface area contributed by atoms with Crippen LogP contribution in [-0.4, -0.2) is 58.1 Å². The second-order valence-electron chi connectivity index (χ2n) is 8.44. The summed E-state index contributed by atoms with van der Waals surface area (Å²) >= 11 is 0. The van der Waals surface area contributed by atoms with Gasteiger partial charge in [0.2, 0.25) is 0 Å². The molecule has 1 N–H and O–H groups in total. The zero-order valence-electron chi connectivity index (χ0n) is 18.0. The molecule has 4 aromatic heterocycles. The highest BCUT2D eigenvalue weighted by atomic mass is 15.2. The number of rotatable bonds is 3. The monoisotopic (exact) mass is 420 g/mol. The molecule has 1 fully saturated rings. The number of fused-ring (bicyclic) bond motifs is 3. The molecule has 0 unspecified atom stereocenters. The third-order valence-electron chi connectivity index (χ3n) is 6.34. The molecule has 0 saturated carbocycles. The fourth-order valence-corrected chi connectivity index (χ4v) is 4.45. The predicted molar refractivity (Wildman–Crippen MR) is 130 cm³/mol. The maximum absolute atomic E-state index is 4.73. The van der Waals surface area contributed by atoms with E-state index in [1.54, 1.807) is 6.20 Å². The first kappa shape index (κ1) is 19.0. The Hall–Kier alpha value is -3.77. The Morgan fingerprint density at radius 2 is 1.66 bits per heavy atom. The highest BCUT2D eigenvalue weighted by Crippen LogP contribution is 2.32. The van der Waals surface area contributed by atoms with Crippen LogP contribution in [-0.2, 0) is 0 Å². The van der Waals surface area contributed by atoms with Gasteiger partial charge in [0, 0.05) is 72.4 Å². The van der Waals surface area contributed by atoms with Gasteiger partial charge in [-0.1, -0.05) is 12.1 Å². The molecule has 1 saturated heterocycles. The maximum Gasteiger partial charge on any atom is 0.138 e. The number of piperazine rings is 1. The van der Waals surface area contributed by atoms with Gasteiger partial charge in [0.05, 0.1) is 17.4 Å².